The van der Waals surface area contributed by atoms with Crippen molar-refractivity contribution in [3.63, 3.8) is 0 Å². The molecule has 1 fully saturated rings. The fraction of sp³-hybridized carbons (Fsp3) is 0.500. The van der Waals surface area contributed by atoms with Gasteiger partial charge in [-0.25, -0.2) is 4.79 Å². The van der Waals surface area contributed by atoms with Gasteiger partial charge in [0.25, 0.3) is 5.91 Å². The van der Waals surface area contributed by atoms with Crippen LogP contribution in [0.1, 0.15) is 21.5 Å². The lowest BCUT2D eigenvalue weighted by molar-refractivity contribution is 0.0596. The van der Waals surface area contributed by atoms with Gasteiger partial charge in [0.05, 0.1) is 19.8 Å². The highest BCUT2D eigenvalue weighted by molar-refractivity contribution is 6.32. The Labute approximate surface area is 140 Å². The maximum absolute atomic E-state index is 12.9. The predicted octanol–water partition coefficient (Wildman–Crippen LogP) is 2.49. The van der Waals surface area contributed by atoms with Crippen molar-refractivity contribution in [3.05, 3.63) is 27.8 Å². The van der Waals surface area contributed by atoms with Crippen LogP contribution < -0.4 is 4.74 Å². The number of benzene rings is 1. The summed E-state index contributed by atoms with van der Waals surface area (Å²) in [5, 5.41) is 0.572. The molecular weight excluding hydrogens is 320 g/mol. The van der Waals surface area contributed by atoms with Crippen LogP contribution in [0.2, 0.25) is 5.02 Å². The van der Waals surface area contributed by atoms with Gasteiger partial charge in [-0.2, -0.15) is 0 Å². The SMILES string of the molecule is COC(=O)N1CCN(C(=O)c2c(OC)cc(C)c(Cl)c2C)CC1. The maximum Gasteiger partial charge on any atom is 0.409 e. The van der Waals surface area contributed by atoms with Crippen LogP contribution >= 0.6 is 11.6 Å². The second kappa shape index (κ2) is 7.08. The molecule has 1 aliphatic rings. The summed E-state index contributed by atoms with van der Waals surface area (Å²) in [6.45, 7) is 5.47. The number of halogens is 1. The van der Waals surface area contributed by atoms with Crippen LogP contribution in [0.25, 0.3) is 0 Å². The van der Waals surface area contributed by atoms with E-state index < -0.39 is 0 Å². The summed E-state index contributed by atoms with van der Waals surface area (Å²) in [6.07, 6.45) is -0.371. The average Bonchev–Trinajstić information content (AvgIpc) is 2.58. The van der Waals surface area contributed by atoms with Crippen LogP contribution in [-0.4, -0.2) is 62.2 Å². The van der Waals surface area contributed by atoms with Crippen LogP contribution in [-0.2, 0) is 4.74 Å². The van der Waals surface area contributed by atoms with E-state index in [4.69, 9.17) is 21.1 Å². The Morgan fingerprint density at radius 2 is 1.65 bits per heavy atom. The van der Waals surface area contributed by atoms with E-state index in [9.17, 15) is 9.59 Å². The molecule has 0 unspecified atom stereocenters. The van der Waals surface area contributed by atoms with Gasteiger partial charge in [0.15, 0.2) is 0 Å². The van der Waals surface area contributed by atoms with E-state index in [0.717, 1.165) is 5.56 Å². The highest BCUT2D eigenvalue weighted by atomic mass is 35.5. The lowest BCUT2D eigenvalue weighted by Crippen LogP contribution is -2.50. The molecule has 0 N–H and O–H groups in total. The smallest absolute Gasteiger partial charge is 0.409 e. The molecule has 2 amide bonds. The number of hydrogen-bond donors (Lipinski definition) is 0. The fourth-order valence-corrected chi connectivity index (χ4v) is 2.88. The van der Waals surface area contributed by atoms with Crippen LogP contribution in [0.5, 0.6) is 5.75 Å². The first kappa shape index (κ1) is 17.4. The Hall–Kier alpha value is -1.95. The fourth-order valence-electron chi connectivity index (χ4n) is 2.73. The number of methoxy groups -OCH3 is 2. The number of carbonyl (C=O) groups is 2. The number of piperazine rings is 1. The Morgan fingerprint density at radius 3 is 2.17 bits per heavy atom. The Kier molecular flexibility index (Phi) is 5.36. The van der Waals surface area contributed by atoms with Crippen LogP contribution in [0, 0.1) is 13.8 Å². The van der Waals surface area contributed by atoms with E-state index >= 15 is 0 Å². The van der Waals surface area contributed by atoms with E-state index in [-0.39, 0.29) is 12.0 Å². The van der Waals surface area contributed by atoms with Crippen LogP contribution in [0.3, 0.4) is 0 Å². The molecule has 1 aliphatic heterocycles. The van der Waals surface area contributed by atoms with Gasteiger partial charge in [0, 0.05) is 31.2 Å². The van der Waals surface area contributed by atoms with E-state index in [1.54, 1.807) is 15.9 Å². The van der Waals surface area contributed by atoms with E-state index in [0.29, 0.717) is 48.1 Å². The molecule has 0 aromatic heterocycles. The molecule has 0 aliphatic carbocycles. The third kappa shape index (κ3) is 3.37. The van der Waals surface area contributed by atoms with Crippen molar-refractivity contribution in [2.24, 2.45) is 0 Å². The van der Waals surface area contributed by atoms with Gasteiger partial charge >= 0.3 is 6.09 Å². The summed E-state index contributed by atoms with van der Waals surface area (Å²) in [7, 11) is 2.89. The quantitative estimate of drug-likeness (QED) is 0.830. The molecule has 0 bridgehead atoms. The first-order valence-corrected chi connectivity index (χ1v) is 7.74. The van der Waals surface area contributed by atoms with Gasteiger partial charge in [0.1, 0.15) is 5.75 Å². The summed E-state index contributed by atoms with van der Waals surface area (Å²) in [4.78, 5) is 27.7. The van der Waals surface area contributed by atoms with Crippen LogP contribution in [0.4, 0.5) is 4.79 Å². The van der Waals surface area contributed by atoms with Gasteiger partial charge in [-0.3, -0.25) is 4.79 Å². The molecular formula is C16H21ClN2O4. The molecule has 0 saturated carbocycles. The molecule has 1 saturated heterocycles. The molecule has 0 radical (unpaired) electrons. The van der Waals surface area contributed by atoms with E-state index in [1.165, 1.54) is 14.2 Å². The number of hydrogen-bond acceptors (Lipinski definition) is 4. The molecule has 1 heterocycles. The van der Waals surface area contributed by atoms with Crippen molar-refractivity contribution < 1.29 is 19.1 Å². The summed E-state index contributed by atoms with van der Waals surface area (Å²) >= 11 is 6.28. The zero-order chi connectivity index (χ0) is 17.1. The monoisotopic (exact) mass is 340 g/mol. The summed E-state index contributed by atoms with van der Waals surface area (Å²) in [6, 6.07) is 1.77. The third-order valence-electron chi connectivity index (χ3n) is 4.08. The number of rotatable bonds is 2. The number of amides is 2. The van der Waals surface area contributed by atoms with Crippen LogP contribution in [0.15, 0.2) is 6.07 Å². The minimum atomic E-state index is -0.371. The van der Waals surface area contributed by atoms with Gasteiger partial charge in [-0.15, -0.1) is 0 Å². The highest BCUT2D eigenvalue weighted by Gasteiger charge is 2.28. The Balaban J connectivity index is 2.22. The van der Waals surface area contributed by atoms with Crippen molar-refractivity contribution in [2.75, 3.05) is 40.4 Å². The van der Waals surface area contributed by atoms with Gasteiger partial charge < -0.3 is 19.3 Å². The summed E-state index contributed by atoms with van der Waals surface area (Å²) < 4.78 is 10.1. The summed E-state index contributed by atoms with van der Waals surface area (Å²) in [5.41, 5.74) is 2.06. The molecule has 0 atom stereocenters. The lowest BCUT2D eigenvalue weighted by atomic mass is 10.0. The number of aryl methyl sites for hydroxylation is 1. The Bertz CT molecular complexity index is 625. The number of ether oxygens (including phenoxy) is 2. The van der Waals surface area contributed by atoms with Gasteiger partial charge in [-0.05, 0) is 31.0 Å². The maximum atomic E-state index is 12.9. The molecule has 126 valence electrons. The zero-order valence-corrected chi connectivity index (χ0v) is 14.6. The summed E-state index contributed by atoms with van der Waals surface area (Å²) in [5.74, 6) is 0.385. The zero-order valence-electron chi connectivity index (χ0n) is 13.8. The van der Waals surface area contributed by atoms with Crippen molar-refractivity contribution in [3.8, 4) is 5.75 Å². The Morgan fingerprint density at radius 1 is 1.09 bits per heavy atom. The molecule has 6 nitrogen and oxygen atoms in total. The van der Waals surface area contributed by atoms with E-state index in [2.05, 4.69) is 0 Å². The second-order valence-electron chi connectivity index (χ2n) is 5.46. The predicted molar refractivity (Wildman–Crippen MR) is 87.4 cm³/mol. The van der Waals surface area contributed by atoms with Gasteiger partial charge in [-0.1, -0.05) is 11.6 Å². The minimum absolute atomic E-state index is 0.134. The number of nitrogens with zero attached hydrogens (tertiary/aromatic N) is 2. The largest absolute Gasteiger partial charge is 0.496 e. The molecule has 1 aromatic rings. The standard InChI is InChI=1S/C16H21ClN2O4/c1-10-9-12(22-3)13(11(2)14(10)17)15(20)18-5-7-19(8-6-18)16(21)23-4/h9H,5-8H2,1-4H3. The average molecular weight is 341 g/mol. The topological polar surface area (TPSA) is 59.1 Å². The van der Waals surface area contributed by atoms with Gasteiger partial charge in [0.2, 0.25) is 0 Å². The highest BCUT2D eigenvalue weighted by Crippen LogP contribution is 2.32. The molecule has 2 rings (SSSR count). The normalized spacial score (nSPS) is 14.7. The van der Waals surface area contributed by atoms with Crippen molar-refractivity contribution in [1.82, 2.24) is 9.80 Å². The molecule has 7 heteroatoms. The minimum Gasteiger partial charge on any atom is -0.496 e. The third-order valence-corrected chi connectivity index (χ3v) is 4.66. The van der Waals surface area contributed by atoms with E-state index in [1.807, 2.05) is 13.8 Å². The van der Waals surface area contributed by atoms with Crippen molar-refractivity contribution in [1.29, 1.82) is 0 Å². The van der Waals surface area contributed by atoms with Crippen molar-refractivity contribution in [2.45, 2.75) is 13.8 Å². The first-order valence-electron chi connectivity index (χ1n) is 7.36. The number of carbonyl (C=O) groups excluding carboxylic acids is 2. The molecule has 0 spiro atoms. The lowest BCUT2D eigenvalue weighted by Gasteiger charge is -2.34. The second-order valence-corrected chi connectivity index (χ2v) is 5.84. The molecule has 1 aromatic carbocycles. The molecule has 23 heavy (non-hydrogen) atoms. The van der Waals surface area contributed by atoms with Crippen molar-refractivity contribution >= 4 is 23.6 Å². The first-order chi connectivity index (χ1) is 10.9.